The molecule has 1 heterocycles. The van der Waals surface area contributed by atoms with Crippen LogP contribution >= 0.6 is 0 Å². The summed E-state index contributed by atoms with van der Waals surface area (Å²) < 4.78 is 5.26. The summed E-state index contributed by atoms with van der Waals surface area (Å²) in [4.78, 5) is 22.3. The van der Waals surface area contributed by atoms with Crippen LogP contribution in [-0.2, 0) is 9.53 Å². The summed E-state index contributed by atoms with van der Waals surface area (Å²) in [6.07, 6.45) is 1.70. The fourth-order valence-corrected chi connectivity index (χ4v) is 3.48. The third-order valence-corrected chi connectivity index (χ3v) is 5.02. The van der Waals surface area contributed by atoms with Gasteiger partial charge in [0.25, 0.3) is 0 Å². The Bertz CT molecular complexity index is 425. The molecule has 0 amide bonds. The summed E-state index contributed by atoms with van der Waals surface area (Å²) in [7, 11) is 0. The van der Waals surface area contributed by atoms with Gasteiger partial charge < -0.3 is 9.53 Å². The maximum absolute atomic E-state index is 11.6. The molecule has 18 heavy (non-hydrogen) atoms. The number of nitrogens with zero attached hydrogens (tertiary/aromatic N) is 1. The number of aldehydes is 1. The van der Waals surface area contributed by atoms with Crippen molar-refractivity contribution in [3.05, 3.63) is 21.3 Å². The van der Waals surface area contributed by atoms with Crippen LogP contribution in [0, 0.1) is 21.4 Å². The average Bonchev–Trinajstić information content (AvgIpc) is 2.26. The molecule has 5 heteroatoms. The molecule has 0 aromatic heterocycles. The topological polar surface area (TPSA) is 69.4 Å². The molecule has 0 radical (unpaired) electrons. The Balaban J connectivity index is 2.54. The standard InChI is InChI=1S/C13H19NO4/c1-9-6-13(7-18-8-13)12(3,14(16)17)11(4-5-15)10(9)2/h5,11H,4,6-8H2,1-3H3/t11-,12+/m0/s1. The zero-order valence-electron chi connectivity index (χ0n) is 11.1. The van der Waals surface area contributed by atoms with E-state index >= 15 is 0 Å². The molecule has 0 N–H and O–H groups in total. The molecular formula is C13H19NO4. The minimum atomic E-state index is -1.10. The third-order valence-electron chi connectivity index (χ3n) is 5.02. The van der Waals surface area contributed by atoms with Crippen molar-refractivity contribution in [3.8, 4) is 0 Å². The zero-order chi connectivity index (χ0) is 13.6. The number of allylic oxidation sites excluding steroid dienone is 1. The first-order chi connectivity index (χ1) is 8.39. The smallest absolute Gasteiger partial charge is 0.236 e. The Kier molecular flexibility index (Phi) is 3.05. The second kappa shape index (κ2) is 4.16. The first kappa shape index (κ1) is 13.2. The molecule has 2 atom stereocenters. The number of rotatable bonds is 3. The number of carbonyl (C=O) groups excluding carboxylic acids is 1. The van der Waals surface area contributed by atoms with Gasteiger partial charge in [0, 0.05) is 18.3 Å². The number of nitro groups is 1. The van der Waals surface area contributed by atoms with Crippen molar-refractivity contribution in [2.24, 2.45) is 11.3 Å². The fourth-order valence-electron chi connectivity index (χ4n) is 3.48. The molecule has 2 rings (SSSR count). The van der Waals surface area contributed by atoms with Crippen LogP contribution in [0.3, 0.4) is 0 Å². The summed E-state index contributed by atoms with van der Waals surface area (Å²) in [5, 5.41) is 11.6. The summed E-state index contributed by atoms with van der Waals surface area (Å²) in [6.45, 7) is 6.44. The normalized spacial score (nSPS) is 34.3. The summed E-state index contributed by atoms with van der Waals surface area (Å²) >= 11 is 0. The molecule has 1 aliphatic heterocycles. The van der Waals surface area contributed by atoms with E-state index in [0.29, 0.717) is 19.6 Å². The molecule has 0 bridgehead atoms. The van der Waals surface area contributed by atoms with Crippen molar-refractivity contribution in [3.63, 3.8) is 0 Å². The predicted molar refractivity (Wildman–Crippen MR) is 65.8 cm³/mol. The van der Waals surface area contributed by atoms with Gasteiger partial charge in [-0.15, -0.1) is 0 Å². The van der Waals surface area contributed by atoms with Gasteiger partial charge in [0.1, 0.15) is 6.29 Å². The fraction of sp³-hybridized carbons (Fsp3) is 0.769. The number of hydrogen-bond acceptors (Lipinski definition) is 4. The van der Waals surface area contributed by atoms with E-state index in [0.717, 1.165) is 11.9 Å². The van der Waals surface area contributed by atoms with Gasteiger partial charge in [-0.05, 0) is 20.3 Å². The van der Waals surface area contributed by atoms with Crippen LogP contribution in [0.15, 0.2) is 11.1 Å². The van der Waals surface area contributed by atoms with Crippen LogP contribution in [-0.4, -0.2) is 30.0 Å². The monoisotopic (exact) mass is 253 g/mol. The van der Waals surface area contributed by atoms with E-state index in [4.69, 9.17) is 4.74 Å². The SMILES string of the molecule is CC1=C(C)[C@H](CC=O)[C@@](C)([N+](=O)[O-])C2(COC2)C1. The van der Waals surface area contributed by atoms with Gasteiger partial charge in [0.15, 0.2) is 0 Å². The van der Waals surface area contributed by atoms with Crippen molar-refractivity contribution in [2.75, 3.05) is 13.2 Å². The van der Waals surface area contributed by atoms with Crippen molar-refractivity contribution in [1.82, 2.24) is 0 Å². The Labute approximate surface area is 106 Å². The molecule has 1 fully saturated rings. The van der Waals surface area contributed by atoms with Crippen LogP contribution in [0.5, 0.6) is 0 Å². The lowest BCUT2D eigenvalue weighted by Crippen LogP contribution is -2.67. The van der Waals surface area contributed by atoms with Crippen LogP contribution in [0.4, 0.5) is 0 Å². The van der Waals surface area contributed by atoms with Crippen LogP contribution in [0.25, 0.3) is 0 Å². The van der Waals surface area contributed by atoms with Gasteiger partial charge in [-0.1, -0.05) is 11.1 Å². The first-order valence-corrected chi connectivity index (χ1v) is 6.21. The molecule has 100 valence electrons. The third kappa shape index (κ3) is 1.46. The van der Waals surface area contributed by atoms with Crippen LogP contribution in [0.2, 0.25) is 0 Å². The molecular weight excluding hydrogens is 234 g/mol. The van der Waals surface area contributed by atoms with E-state index in [-0.39, 0.29) is 17.3 Å². The van der Waals surface area contributed by atoms with Gasteiger partial charge in [0.05, 0.1) is 24.5 Å². The summed E-state index contributed by atoms with van der Waals surface area (Å²) in [5.74, 6) is -0.317. The molecule has 0 aromatic carbocycles. The predicted octanol–water partition coefficient (Wildman–Crippen LogP) is 1.98. The Hall–Kier alpha value is -1.23. The highest BCUT2D eigenvalue weighted by atomic mass is 16.6. The van der Waals surface area contributed by atoms with Gasteiger partial charge in [-0.2, -0.15) is 0 Å². The van der Waals surface area contributed by atoms with Gasteiger partial charge in [-0.3, -0.25) is 10.1 Å². The van der Waals surface area contributed by atoms with Crippen LogP contribution < -0.4 is 0 Å². The lowest BCUT2D eigenvalue weighted by atomic mass is 9.54. The second-order valence-electron chi connectivity index (χ2n) is 5.77. The van der Waals surface area contributed by atoms with E-state index in [1.165, 1.54) is 5.57 Å². The minimum Gasteiger partial charge on any atom is -0.380 e. The van der Waals surface area contributed by atoms with E-state index in [9.17, 15) is 14.9 Å². The zero-order valence-corrected chi connectivity index (χ0v) is 11.1. The molecule has 0 saturated carbocycles. The highest BCUT2D eigenvalue weighted by Crippen LogP contribution is 2.55. The number of carbonyl (C=O) groups is 1. The van der Waals surface area contributed by atoms with Crippen molar-refractivity contribution in [2.45, 2.75) is 39.2 Å². The first-order valence-electron chi connectivity index (χ1n) is 6.21. The Morgan fingerprint density at radius 2 is 2.11 bits per heavy atom. The van der Waals surface area contributed by atoms with Crippen molar-refractivity contribution in [1.29, 1.82) is 0 Å². The van der Waals surface area contributed by atoms with Crippen molar-refractivity contribution < 1.29 is 14.5 Å². The second-order valence-corrected chi connectivity index (χ2v) is 5.77. The molecule has 0 aromatic rings. The lowest BCUT2D eigenvalue weighted by Gasteiger charge is -2.54. The molecule has 1 saturated heterocycles. The summed E-state index contributed by atoms with van der Waals surface area (Å²) in [6, 6.07) is 0. The lowest BCUT2D eigenvalue weighted by molar-refractivity contribution is -0.608. The molecule has 1 aliphatic carbocycles. The van der Waals surface area contributed by atoms with Gasteiger partial charge in [-0.25, -0.2) is 0 Å². The van der Waals surface area contributed by atoms with Crippen LogP contribution in [0.1, 0.15) is 33.6 Å². The summed E-state index contributed by atoms with van der Waals surface area (Å²) in [5.41, 5.74) is 0.632. The minimum absolute atomic E-state index is 0.195. The van der Waals surface area contributed by atoms with Crippen molar-refractivity contribution >= 4 is 6.29 Å². The Morgan fingerprint density at radius 1 is 1.50 bits per heavy atom. The molecule has 5 nitrogen and oxygen atoms in total. The highest BCUT2D eigenvalue weighted by molar-refractivity contribution is 5.52. The number of hydrogen-bond donors (Lipinski definition) is 0. The van der Waals surface area contributed by atoms with E-state index in [2.05, 4.69) is 0 Å². The van der Waals surface area contributed by atoms with E-state index < -0.39 is 11.0 Å². The maximum atomic E-state index is 11.6. The Morgan fingerprint density at radius 3 is 2.50 bits per heavy atom. The van der Waals surface area contributed by atoms with E-state index in [1.807, 2.05) is 13.8 Å². The maximum Gasteiger partial charge on any atom is 0.236 e. The molecule has 2 aliphatic rings. The molecule has 1 spiro atoms. The van der Waals surface area contributed by atoms with E-state index in [1.54, 1.807) is 6.92 Å². The quantitative estimate of drug-likeness (QED) is 0.334. The largest absolute Gasteiger partial charge is 0.380 e. The average molecular weight is 253 g/mol. The molecule has 0 unspecified atom stereocenters. The highest BCUT2D eigenvalue weighted by Gasteiger charge is 2.67. The van der Waals surface area contributed by atoms with Gasteiger partial charge >= 0.3 is 0 Å². The van der Waals surface area contributed by atoms with Gasteiger partial charge in [0.2, 0.25) is 5.54 Å². The number of ether oxygens (including phenoxy) is 1.